The molecule has 0 aromatic rings. The summed E-state index contributed by atoms with van der Waals surface area (Å²) in [6.07, 6.45) is 5.21. The summed E-state index contributed by atoms with van der Waals surface area (Å²) in [6, 6.07) is 0. The van der Waals surface area contributed by atoms with E-state index in [0.717, 1.165) is 18.0 Å². The van der Waals surface area contributed by atoms with Crippen molar-refractivity contribution in [2.75, 3.05) is 7.11 Å². The van der Waals surface area contributed by atoms with Gasteiger partial charge in [0.15, 0.2) is 5.90 Å². The first kappa shape index (κ1) is 10.0. The van der Waals surface area contributed by atoms with Crippen LogP contribution in [0.3, 0.4) is 0 Å². The highest BCUT2D eigenvalue weighted by atomic mass is 16.5. The zero-order valence-electron chi connectivity index (χ0n) is 8.79. The molecule has 0 N–H and O–H groups in total. The topological polar surface area (TPSA) is 21.6 Å². The lowest BCUT2D eigenvalue weighted by Crippen LogP contribution is -2.08. The average molecular weight is 179 g/mol. The third kappa shape index (κ3) is 3.05. The van der Waals surface area contributed by atoms with Crippen molar-refractivity contribution in [2.45, 2.75) is 27.2 Å². The van der Waals surface area contributed by atoms with E-state index in [1.54, 1.807) is 7.11 Å². The van der Waals surface area contributed by atoms with Crippen LogP contribution in [0, 0.1) is 5.92 Å². The molecule has 0 saturated carbocycles. The number of allylic oxidation sites excluding steroid dienone is 4. The maximum Gasteiger partial charge on any atom is 0.188 e. The van der Waals surface area contributed by atoms with E-state index >= 15 is 0 Å². The van der Waals surface area contributed by atoms with Gasteiger partial charge in [0.25, 0.3) is 0 Å². The van der Waals surface area contributed by atoms with E-state index in [9.17, 15) is 0 Å². The van der Waals surface area contributed by atoms with Gasteiger partial charge in [0.2, 0.25) is 0 Å². The van der Waals surface area contributed by atoms with Gasteiger partial charge in [0, 0.05) is 12.1 Å². The number of nitrogens with zero attached hydrogens (tertiary/aromatic N) is 1. The summed E-state index contributed by atoms with van der Waals surface area (Å²) in [4.78, 5) is 4.37. The average Bonchev–Trinajstić information content (AvgIpc) is 1.99. The lowest BCUT2D eigenvalue weighted by atomic mass is 10.0. The van der Waals surface area contributed by atoms with E-state index in [2.05, 4.69) is 31.0 Å². The zero-order chi connectivity index (χ0) is 9.84. The summed E-state index contributed by atoms with van der Waals surface area (Å²) >= 11 is 0. The van der Waals surface area contributed by atoms with Crippen LogP contribution in [-0.2, 0) is 4.74 Å². The lowest BCUT2D eigenvalue weighted by molar-refractivity contribution is 0.382. The summed E-state index contributed by atoms with van der Waals surface area (Å²) < 4.78 is 5.18. The molecule has 0 aromatic heterocycles. The van der Waals surface area contributed by atoms with Crippen LogP contribution in [0.2, 0.25) is 0 Å². The predicted octanol–water partition coefficient (Wildman–Crippen LogP) is 2.92. The molecule has 72 valence electrons. The van der Waals surface area contributed by atoms with Gasteiger partial charge in [-0.2, -0.15) is 0 Å². The predicted molar refractivity (Wildman–Crippen MR) is 55.7 cm³/mol. The van der Waals surface area contributed by atoms with Crippen molar-refractivity contribution in [3.05, 3.63) is 23.4 Å². The quantitative estimate of drug-likeness (QED) is 0.560. The molecule has 13 heavy (non-hydrogen) atoms. The van der Waals surface area contributed by atoms with Gasteiger partial charge in [0.1, 0.15) is 0 Å². The largest absolute Gasteiger partial charge is 0.484 e. The van der Waals surface area contributed by atoms with Gasteiger partial charge in [-0.05, 0) is 25.8 Å². The Morgan fingerprint density at radius 1 is 1.46 bits per heavy atom. The highest BCUT2D eigenvalue weighted by Crippen LogP contribution is 2.15. The number of ether oxygens (including phenoxy) is 1. The van der Waals surface area contributed by atoms with Gasteiger partial charge >= 0.3 is 0 Å². The van der Waals surface area contributed by atoms with Crippen LogP contribution >= 0.6 is 0 Å². The second-order valence-corrected chi connectivity index (χ2v) is 3.59. The zero-order valence-corrected chi connectivity index (χ0v) is 8.79. The van der Waals surface area contributed by atoms with Crippen LogP contribution in [0.1, 0.15) is 27.2 Å². The minimum absolute atomic E-state index is 0.503. The van der Waals surface area contributed by atoms with Crippen LogP contribution < -0.4 is 0 Å². The molecule has 2 nitrogen and oxygen atoms in total. The molecule has 0 amide bonds. The number of rotatable bonds is 0. The molecule has 0 aliphatic carbocycles. The van der Waals surface area contributed by atoms with E-state index in [1.807, 2.05) is 6.92 Å². The second kappa shape index (κ2) is 4.26. The molecule has 0 bridgehead atoms. The number of hydrogen-bond acceptors (Lipinski definition) is 2. The highest BCUT2D eigenvalue weighted by Gasteiger charge is 2.08. The molecule has 0 fully saturated rings. The van der Waals surface area contributed by atoms with Crippen LogP contribution in [0.4, 0.5) is 0 Å². The van der Waals surface area contributed by atoms with Crippen molar-refractivity contribution < 1.29 is 4.74 Å². The Labute approximate surface area is 80.0 Å². The fourth-order valence-electron chi connectivity index (χ4n) is 1.56. The van der Waals surface area contributed by atoms with Crippen LogP contribution in [0.5, 0.6) is 0 Å². The number of aliphatic imine (C=N–C) groups is 1. The molecule has 1 aliphatic rings. The summed E-state index contributed by atoms with van der Waals surface area (Å²) in [7, 11) is 1.68. The molecule has 0 unspecified atom stereocenters. The van der Waals surface area contributed by atoms with Gasteiger partial charge in [-0.25, -0.2) is 4.99 Å². The van der Waals surface area contributed by atoms with Crippen molar-refractivity contribution in [2.24, 2.45) is 10.9 Å². The number of methoxy groups -OCH3 is 1. The maximum absolute atomic E-state index is 5.18. The van der Waals surface area contributed by atoms with Crippen molar-refractivity contribution >= 4 is 5.90 Å². The van der Waals surface area contributed by atoms with Gasteiger partial charge in [-0.15, -0.1) is 0 Å². The van der Waals surface area contributed by atoms with E-state index in [0.29, 0.717) is 5.92 Å². The first-order valence-corrected chi connectivity index (χ1v) is 4.60. The Hall–Kier alpha value is -1.05. The maximum atomic E-state index is 5.18. The smallest absolute Gasteiger partial charge is 0.188 e. The van der Waals surface area contributed by atoms with Crippen molar-refractivity contribution in [3.63, 3.8) is 0 Å². The molecule has 1 rings (SSSR count). The standard InChI is InChI=1S/C11H17NO/c1-8-5-9(2)7-11(13-4)12-10(3)6-8/h5-6,9H,7H2,1-4H3/t9-/m1/s1. The van der Waals surface area contributed by atoms with Crippen molar-refractivity contribution in [3.8, 4) is 0 Å². The van der Waals surface area contributed by atoms with Gasteiger partial charge in [-0.3, -0.25) is 0 Å². The Morgan fingerprint density at radius 3 is 2.77 bits per heavy atom. The number of hydrogen-bond donors (Lipinski definition) is 0. The SMILES string of the molecule is COC1=NC(C)=CC(C)=C[C@@H](C)C1. The minimum atomic E-state index is 0.503. The Bertz CT molecular complexity index is 274. The van der Waals surface area contributed by atoms with E-state index in [1.165, 1.54) is 5.57 Å². The van der Waals surface area contributed by atoms with Crippen LogP contribution in [0.15, 0.2) is 28.4 Å². The van der Waals surface area contributed by atoms with Gasteiger partial charge in [0.05, 0.1) is 7.11 Å². The molecule has 1 atom stereocenters. The van der Waals surface area contributed by atoms with Gasteiger partial charge in [-0.1, -0.05) is 18.6 Å². The summed E-state index contributed by atoms with van der Waals surface area (Å²) in [5, 5.41) is 0. The second-order valence-electron chi connectivity index (χ2n) is 3.59. The minimum Gasteiger partial charge on any atom is -0.484 e. The normalized spacial score (nSPS) is 23.7. The highest BCUT2D eigenvalue weighted by molar-refractivity contribution is 5.77. The first-order chi connectivity index (χ1) is 6.11. The van der Waals surface area contributed by atoms with E-state index < -0.39 is 0 Å². The monoisotopic (exact) mass is 179 g/mol. The lowest BCUT2D eigenvalue weighted by Gasteiger charge is -2.12. The van der Waals surface area contributed by atoms with E-state index in [-0.39, 0.29) is 0 Å². The van der Waals surface area contributed by atoms with Crippen LogP contribution in [-0.4, -0.2) is 13.0 Å². The summed E-state index contributed by atoms with van der Waals surface area (Å²) in [6.45, 7) is 6.27. The molecule has 0 aromatic carbocycles. The summed E-state index contributed by atoms with van der Waals surface area (Å²) in [5.41, 5.74) is 2.29. The molecule has 1 aliphatic heterocycles. The molecular weight excluding hydrogens is 162 g/mol. The Balaban J connectivity index is 2.94. The van der Waals surface area contributed by atoms with Crippen LogP contribution in [0.25, 0.3) is 0 Å². The summed E-state index contributed by atoms with van der Waals surface area (Å²) in [5.74, 6) is 1.33. The molecular formula is C11H17NO. The fourth-order valence-corrected chi connectivity index (χ4v) is 1.56. The first-order valence-electron chi connectivity index (χ1n) is 4.60. The molecule has 0 radical (unpaired) electrons. The molecule has 1 heterocycles. The Kier molecular flexibility index (Phi) is 3.29. The molecule has 2 heteroatoms. The fraction of sp³-hybridized carbons (Fsp3) is 0.545. The third-order valence-corrected chi connectivity index (χ3v) is 2.02. The van der Waals surface area contributed by atoms with Crippen molar-refractivity contribution in [1.82, 2.24) is 0 Å². The van der Waals surface area contributed by atoms with Crippen molar-refractivity contribution in [1.29, 1.82) is 0 Å². The van der Waals surface area contributed by atoms with E-state index in [4.69, 9.17) is 4.74 Å². The third-order valence-electron chi connectivity index (χ3n) is 2.02. The molecule has 0 spiro atoms. The van der Waals surface area contributed by atoms with Gasteiger partial charge < -0.3 is 4.74 Å². The Morgan fingerprint density at radius 2 is 2.15 bits per heavy atom. The molecule has 0 saturated heterocycles.